The van der Waals surface area contributed by atoms with E-state index in [9.17, 15) is 0 Å². The van der Waals surface area contributed by atoms with Crippen molar-refractivity contribution in [1.29, 1.82) is 0 Å². The number of thiocarbonyl (C=S) groups is 1. The molecule has 21 heavy (non-hydrogen) atoms. The quantitative estimate of drug-likeness (QED) is 0.598. The number of hydrogen-bond donors (Lipinski definition) is 2. The number of rotatable bonds is 7. The Bertz CT molecular complexity index is 528. The molecule has 114 valence electrons. The molecule has 3 N–H and O–H groups in total. The molecule has 0 atom stereocenters. The van der Waals surface area contributed by atoms with Gasteiger partial charge >= 0.3 is 0 Å². The molecule has 0 spiro atoms. The van der Waals surface area contributed by atoms with E-state index in [-0.39, 0.29) is 0 Å². The zero-order chi connectivity index (χ0) is 14.7. The van der Waals surface area contributed by atoms with E-state index in [1.54, 1.807) is 0 Å². The second kappa shape index (κ2) is 6.71. The van der Waals surface area contributed by atoms with Crippen molar-refractivity contribution in [2.45, 2.75) is 38.5 Å². The summed E-state index contributed by atoms with van der Waals surface area (Å²) < 4.78 is 5.64. The van der Waals surface area contributed by atoms with Crippen LogP contribution in [-0.4, -0.2) is 29.7 Å². The van der Waals surface area contributed by atoms with Crippen LogP contribution in [-0.2, 0) is 17.6 Å². The van der Waals surface area contributed by atoms with Crippen molar-refractivity contribution < 1.29 is 4.74 Å². The van der Waals surface area contributed by atoms with Gasteiger partial charge in [0.05, 0.1) is 12.2 Å². The lowest BCUT2D eigenvalue weighted by molar-refractivity contribution is 0.134. The van der Waals surface area contributed by atoms with Crippen LogP contribution in [0.15, 0.2) is 6.07 Å². The van der Waals surface area contributed by atoms with Gasteiger partial charge in [0.25, 0.3) is 0 Å². The van der Waals surface area contributed by atoms with Gasteiger partial charge in [0.2, 0.25) is 0 Å². The van der Waals surface area contributed by atoms with Gasteiger partial charge in [0.15, 0.2) is 0 Å². The molecule has 0 amide bonds. The Labute approximate surface area is 131 Å². The summed E-state index contributed by atoms with van der Waals surface area (Å²) in [5, 5.41) is 3.34. The van der Waals surface area contributed by atoms with Crippen LogP contribution in [0.2, 0.25) is 0 Å². The first-order chi connectivity index (χ1) is 10.2. The van der Waals surface area contributed by atoms with Gasteiger partial charge in [-0.15, -0.1) is 0 Å². The highest BCUT2D eigenvalue weighted by atomic mass is 32.1. The summed E-state index contributed by atoms with van der Waals surface area (Å²) in [6.45, 7) is 2.33. The first-order valence-corrected chi connectivity index (χ1v) is 8.29. The zero-order valence-corrected chi connectivity index (χ0v) is 13.2. The molecule has 1 saturated carbocycles. The minimum atomic E-state index is 0.414. The molecule has 2 aliphatic rings. The summed E-state index contributed by atoms with van der Waals surface area (Å²) in [5.74, 6) is 1.62. The van der Waals surface area contributed by atoms with E-state index in [4.69, 9.17) is 27.7 Å². The predicted molar refractivity (Wildman–Crippen MR) is 88.8 cm³/mol. The smallest absolute Gasteiger partial charge is 0.136 e. The zero-order valence-electron chi connectivity index (χ0n) is 12.4. The number of hydrogen-bond acceptors (Lipinski definition) is 4. The van der Waals surface area contributed by atoms with Crippen molar-refractivity contribution in [3.8, 4) is 0 Å². The molecular weight excluding hydrogens is 282 g/mol. The summed E-state index contributed by atoms with van der Waals surface area (Å²) in [6, 6.07) is 2.12. The van der Waals surface area contributed by atoms with Gasteiger partial charge in [-0.1, -0.05) is 12.2 Å². The first-order valence-electron chi connectivity index (χ1n) is 7.88. The molecule has 0 saturated heterocycles. The highest BCUT2D eigenvalue weighted by Crippen LogP contribution is 2.28. The average Bonchev–Trinajstić information content (AvgIpc) is 3.30. The summed E-state index contributed by atoms with van der Waals surface area (Å²) in [5.41, 5.74) is 9.22. The van der Waals surface area contributed by atoms with Crippen molar-refractivity contribution in [3.63, 3.8) is 0 Å². The van der Waals surface area contributed by atoms with Gasteiger partial charge < -0.3 is 15.8 Å². The third kappa shape index (κ3) is 3.92. The first kappa shape index (κ1) is 14.7. The molecule has 0 unspecified atom stereocenters. The van der Waals surface area contributed by atoms with Crippen molar-refractivity contribution in [1.82, 2.24) is 4.98 Å². The third-order valence-electron chi connectivity index (χ3n) is 4.16. The highest BCUT2D eigenvalue weighted by Gasteiger charge is 2.21. The van der Waals surface area contributed by atoms with Crippen LogP contribution in [0.1, 0.15) is 42.5 Å². The van der Waals surface area contributed by atoms with Crippen molar-refractivity contribution in [3.05, 3.63) is 22.9 Å². The van der Waals surface area contributed by atoms with Gasteiger partial charge in [-0.05, 0) is 56.1 Å². The standard InChI is InChI=1S/C16H23N3OS/c17-15(21)13-9-12-3-1-2-4-14(12)19-16(13)18-7-8-20-10-11-5-6-11/h9,11H,1-8,10H2,(H2,17,21)(H,18,19). The second-order valence-electron chi connectivity index (χ2n) is 6.01. The van der Waals surface area contributed by atoms with Crippen molar-refractivity contribution >= 4 is 23.0 Å². The number of nitrogens with zero attached hydrogens (tertiary/aromatic N) is 1. The highest BCUT2D eigenvalue weighted by molar-refractivity contribution is 7.80. The molecule has 0 aromatic carbocycles. The van der Waals surface area contributed by atoms with Crippen LogP contribution < -0.4 is 11.1 Å². The Morgan fingerprint density at radius 2 is 2.19 bits per heavy atom. The van der Waals surface area contributed by atoms with Crippen LogP contribution in [0.4, 0.5) is 5.82 Å². The van der Waals surface area contributed by atoms with Gasteiger partial charge in [0, 0.05) is 18.8 Å². The fraction of sp³-hybridized carbons (Fsp3) is 0.625. The van der Waals surface area contributed by atoms with E-state index in [1.807, 2.05) is 0 Å². The number of aryl methyl sites for hydroxylation is 2. The van der Waals surface area contributed by atoms with Gasteiger partial charge in [0.1, 0.15) is 10.8 Å². The molecule has 2 aliphatic carbocycles. The minimum absolute atomic E-state index is 0.414. The van der Waals surface area contributed by atoms with E-state index < -0.39 is 0 Å². The number of aromatic nitrogens is 1. The molecule has 5 heteroatoms. The van der Waals surface area contributed by atoms with Gasteiger partial charge in [-0.3, -0.25) is 0 Å². The molecular formula is C16H23N3OS. The average molecular weight is 305 g/mol. The van der Waals surface area contributed by atoms with Crippen LogP contribution in [0.25, 0.3) is 0 Å². The lowest BCUT2D eigenvalue weighted by Crippen LogP contribution is -2.20. The van der Waals surface area contributed by atoms with Crippen LogP contribution in [0.3, 0.4) is 0 Å². The Morgan fingerprint density at radius 1 is 1.38 bits per heavy atom. The van der Waals surface area contributed by atoms with Crippen LogP contribution in [0.5, 0.6) is 0 Å². The van der Waals surface area contributed by atoms with E-state index in [1.165, 1.54) is 36.9 Å². The molecule has 1 aromatic heterocycles. The van der Waals surface area contributed by atoms with E-state index >= 15 is 0 Å². The number of ether oxygens (including phenoxy) is 1. The normalized spacial score (nSPS) is 17.3. The topological polar surface area (TPSA) is 60.2 Å². The molecule has 1 aromatic rings. The molecule has 1 heterocycles. The van der Waals surface area contributed by atoms with E-state index in [0.29, 0.717) is 11.6 Å². The molecule has 4 nitrogen and oxygen atoms in total. The molecule has 3 rings (SSSR count). The Balaban J connectivity index is 1.62. The summed E-state index contributed by atoms with van der Waals surface area (Å²) >= 11 is 5.17. The van der Waals surface area contributed by atoms with Crippen LogP contribution in [0, 0.1) is 5.92 Å². The number of anilines is 1. The van der Waals surface area contributed by atoms with Gasteiger partial charge in [-0.25, -0.2) is 4.98 Å². The third-order valence-corrected chi connectivity index (χ3v) is 4.38. The lowest BCUT2D eigenvalue weighted by atomic mass is 9.94. The molecule has 0 bridgehead atoms. The maximum absolute atomic E-state index is 5.85. The number of nitrogens with one attached hydrogen (secondary N) is 1. The second-order valence-corrected chi connectivity index (χ2v) is 6.45. The summed E-state index contributed by atoms with van der Waals surface area (Å²) in [4.78, 5) is 5.16. The maximum atomic E-state index is 5.85. The Morgan fingerprint density at radius 3 is 2.95 bits per heavy atom. The number of fused-ring (bicyclic) bond motifs is 1. The SMILES string of the molecule is NC(=S)c1cc2c(nc1NCCOCC1CC1)CCCC2. The summed E-state index contributed by atoms with van der Waals surface area (Å²) in [7, 11) is 0. The lowest BCUT2D eigenvalue weighted by Gasteiger charge is -2.19. The molecule has 1 fully saturated rings. The number of nitrogens with two attached hydrogens (primary N) is 1. The van der Waals surface area contributed by atoms with Gasteiger partial charge in [-0.2, -0.15) is 0 Å². The largest absolute Gasteiger partial charge is 0.389 e. The minimum Gasteiger partial charge on any atom is -0.389 e. The monoisotopic (exact) mass is 305 g/mol. The van der Waals surface area contributed by atoms with E-state index in [2.05, 4.69) is 11.4 Å². The van der Waals surface area contributed by atoms with E-state index in [0.717, 1.165) is 43.3 Å². The number of pyridine rings is 1. The van der Waals surface area contributed by atoms with Crippen molar-refractivity contribution in [2.75, 3.05) is 25.1 Å². The van der Waals surface area contributed by atoms with Crippen molar-refractivity contribution in [2.24, 2.45) is 11.7 Å². The fourth-order valence-corrected chi connectivity index (χ4v) is 2.89. The molecule has 0 radical (unpaired) electrons. The summed E-state index contributed by atoms with van der Waals surface area (Å²) in [6.07, 6.45) is 7.24. The fourth-order valence-electron chi connectivity index (χ4n) is 2.73. The molecule has 0 aliphatic heterocycles. The van der Waals surface area contributed by atoms with Crippen LogP contribution >= 0.6 is 12.2 Å². The predicted octanol–water partition coefficient (Wildman–Crippen LogP) is 2.43. The Hall–Kier alpha value is -1.20. The Kier molecular flexibility index (Phi) is 4.70. The maximum Gasteiger partial charge on any atom is 0.136 e.